The minimum absolute atomic E-state index is 0.0242. The highest BCUT2D eigenvalue weighted by atomic mass is 32.2. The third-order valence-corrected chi connectivity index (χ3v) is 7.02. The summed E-state index contributed by atoms with van der Waals surface area (Å²) in [5.74, 6) is -0.0650. The fraction of sp³-hybridized carbons (Fsp3) is 0.409. The fourth-order valence-electron chi connectivity index (χ4n) is 3.48. The Kier molecular flexibility index (Phi) is 8.54. The summed E-state index contributed by atoms with van der Waals surface area (Å²) in [6.45, 7) is -0.538. The Morgan fingerprint density at radius 1 is 0.969 bits per heavy atom. The first-order chi connectivity index (χ1) is 15.3. The maximum absolute atomic E-state index is 12.6. The topological polar surface area (TPSA) is 79.0 Å². The number of carbonyl (C=O) groups excluding carboxylic acids is 1. The van der Waals surface area contributed by atoms with Crippen molar-refractivity contribution in [1.82, 2.24) is 14.5 Å². The van der Waals surface area contributed by atoms with Crippen LogP contribution in [0.5, 0.6) is 5.75 Å². The average Bonchev–Trinajstić information content (AvgIpc) is 2.75. The standard InChI is InChI=1S/C22H27F2N3O4S/c23-22(24)31-20-8-6-18(7-9-20)10-11-25-21(28)16-26-12-14-27(15-13-26)32(29,30)17-19-4-2-1-3-5-19/h1-9,22H,10-17H2,(H,25,28). The predicted molar refractivity (Wildman–Crippen MR) is 117 cm³/mol. The molecule has 1 aliphatic heterocycles. The van der Waals surface area contributed by atoms with Crippen molar-refractivity contribution in [3.8, 4) is 5.75 Å². The van der Waals surface area contributed by atoms with Crippen LogP contribution < -0.4 is 10.1 Å². The largest absolute Gasteiger partial charge is 0.435 e. The number of hydrogen-bond acceptors (Lipinski definition) is 5. The van der Waals surface area contributed by atoms with Gasteiger partial charge in [0.25, 0.3) is 0 Å². The summed E-state index contributed by atoms with van der Waals surface area (Å²) in [6, 6.07) is 15.4. The molecule has 1 fully saturated rings. The number of nitrogens with zero attached hydrogens (tertiary/aromatic N) is 2. The van der Waals surface area contributed by atoms with Crippen molar-refractivity contribution in [2.24, 2.45) is 0 Å². The molecule has 2 aromatic rings. The summed E-state index contributed by atoms with van der Waals surface area (Å²) in [7, 11) is -3.39. The zero-order chi connectivity index (χ0) is 23.0. The molecular weight excluding hydrogens is 440 g/mol. The molecule has 10 heteroatoms. The molecule has 32 heavy (non-hydrogen) atoms. The van der Waals surface area contributed by atoms with Gasteiger partial charge in [-0.1, -0.05) is 42.5 Å². The summed E-state index contributed by atoms with van der Waals surface area (Å²) >= 11 is 0. The van der Waals surface area contributed by atoms with Gasteiger partial charge in [-0.3, -0.25) is 9.69 Å². The third-order valence-electron chi connectivity index (χ3n) is 5.17. The highest BCUT2D eigenvalue weighted by molar-refractivity contribution is 7.88. The van der Waals surface area contributed by atoms with Gasteiger partial charge >= 0.3 is 6.61 Å². The van der Waals surface area contributed by atoms with E-state index >= 15 is 0 Å². The number of amides is 1. The number of alkyl halides is 2. The number of benzene rings is 2. The van der Waals surface area contributed by atoms with Gasteiger partial charge in [0.1, 0.15) is 5.75 Å². The molecule has 2 aromatic carbocycles. The number of ether oxygens (including phenoxy) is 1. The first-order valence-corrected chi connectivity index (χ1v) is 12.0. The molecule has 174 valence electrons. The lowest BCUT2D eigenvalue weighted by Crippen LogP contribution is -2.51. The summed E-state index contributed by atoms with van der Waals surface area (Å²) in [5, 5.41) is 2.84. The number of halogens is 2. The number of nitrogens with one attached hydrogen (secondary N) is 1. The van der Waals surface area contributed by atoms with E-state index in [1.165, 1.54) is 16.4 Å². The molecule has 0 aliphatic carbocycles. The first kappa shape index (κ1) is 24.1. The quantitative estimate of drug-likeness (QED) is 0.579. The third kappa shape index (κ3) is 7.54. The van der Waals surface area contributed by atoms with Crippen molar-refractivity contribution < 1.29 is 26.7 Å². The molecule has 0 bridgehead atoms. The number of sulfonamides is 1. The maximum Gasteiger partial charge on any atom is 0.387 e. The van der Waals surface area contributed by atoms with E-state index in [-0.39, 0.29) is 24.0 Å². The summed E-state index contributed by atoms with van der Waals surface area (Å²) in [5.41, 5.74) is 1.65. The summed E-state index contributed by atoms with van der Waals surface area (Å²) < 4.78 is 55.4. The molecule has 1 heterocycles. The Balaban J connectivity index is 1.36. The van der Waals surface area contributed by atoms with Gasteiger partial charge in [0, 0.05) is 32.7 Å². The van der Waals surface area contributed by atoms with Crippen molar-refractivity contribution in [2.75, 3.05) is 39.3 Å². The summed E-state index contributed by atoms with van der Waals surface area (Å²) in [6.07, 6.45) is 0.562. The number of carbonyl (C=O) groups is 1. The highest BCUT2D eigenvalue weighted by Gasteiger charge is 2.27. The molecule has 3 rings (SSSR count). The zero-order valence-corrected chi connectivity index (χ0v) is 18.4. The van der Waals surface area contributed by atoms with Crippen molar-refractivity contribution >= 4 is 15.9 Å². The van der Waals surface area contributed by atoms with E-state index in [4.69, 9.17) is 0 Å². The predicted octanol–water partition coefficient (Wildman–Crippen LogP) is 2.09. The van der Waals surface area contributed by atoms with Gasteiger partial charge in [-0.2, -0.15) is 13.1 Å². The highest BCUT2D eigenvalue weighted by Crippen LogP contribution is 2.15. The van der Waals surface area contributed by atoms with E-state index in [9.17, 15) is 22.0 Å². The van der Waals surface area contributed by atoms with Crippen LogP contribution in [0.3, 0.4) is 0 Å². The van der Waals surface area contributed by atoms with Gasteiger partial charge in [-0.15, -0.1) is 0 Å². The second-order valence-corrected chi connectivity index (χ2v) is 9.51. The van der Waals surface area contributed by atoms with Gasteiger partial charge in [-0.25, -0.2) is 8.42 Å². The SMILES string of the molecule is O=C(CN1CCN(S(=O)(=O)Cc2ccccc2)CC1)NCCc1ccc(OC(F)F)cc1. The van der Waals surface area contributed by atoms with Crippen LogP contribution in [-0.2, 0) is 27.0 Å². The van der Waals surface area contributed by atoms with Crippen LogP contribution in [0.2, 0.25) is 0 Å². The molecule has 0 aromatic heterocycles. The molecule has 0 saturated carbocycles. The van der Waals surface area contributed by atoms with Crippen molar-refractivity contribution in [2.45, 2.75) is 18.8 Å². The van der Waals surface area contributed by atoms with E-state index in [1.807, 2.05) is 23.1 Å². The molecule has 1 amide bonds. The molecule has 0 unspecified atom stereocenters. The second kappa shape index (κ2) is 11.3. The Bertz CT molecular complexity index is 964. The molecule has 1 N–H and O–H groups in total. The first-order valence-electron chi connectivity index (χ1n) is 10.4. The monoisotopic (exact) mass is 467 g/mol. The maximum atomic E-state index is 12.6. The van der Waals surface area contributed by atoms with Gasteiger partial charge < -0.3 is 10.1 Å². The summed E-state index contributed by atoms with van der Waals surface area (Å²) in [4.78, 5) is 14.1. The van der Waals surface area contributed by atoms with Gasteiger partial charge in [0.2, 0.25) is 15.9 Å². The van der Waals surface area contributed by atoms with E-state index in [1.54, 1.807) is 24.3 Å². The lowest BCUT2D eigenvalue weighted by atomic mass is 10.1. The van der Waals surface area contributed by atoms with E-state index < -0.39 is 16.6 Å². The van der Waals surface area contributed by atoms with Crippen molar-refractivity contribution in [1.29, 1.82) is 0 Å². The van der Waals surface area contributed by atoms with Crippen LogP contribution in [0.1, 0.15) is 11.1 Å². The normalized spacial score (nSPS) is 15.6. The minimum atomic E-state index is -3.39. The number of piperazine rings is 1. The van der Waals surface area contributed by atoms with Crippen molar-refractivity contribution in [3.05, 3.63) is 65.7 Å². The molecule has 7 nitrogen and oxygen atoms in total. The average molecular weight is 468 g/mol. The van der Waals surface area contributed by atoms with Gasteiger partial charge in [0.15, 0.2) is 0 Å². The lowest BCUT2D eigenvalue weighted by molar-refractivity contribution is -0.122. The van der Waals surface area contributed by atoms with E-state index in [0.29, 0.717) is 39.1 Å². The molecule has 1 aliphatic rings. The van der Waals surface area contributed by atoms with Crippen LogP contribution >= 0.6 is 0 Å². The molecular formula is C22H27F2N3O4S. The van der Waals surface area contributed by atoms with E-state index in [2.05, 4.69) is 10.1 Å². The van der Waals surface area contributed by atoms with Crippen LogP contribution in [-0.4, -0.2) is 69.4 Å². The zero-order valence-electron chi connectivity index (χ0n) is 17.6. The molecule has 0 radical (unpaired) electrons. The Morgan fingerprint density at radius 2 is 1.62 bits per heavy atom. The number of hydrogen-bond donors (Lipinski definition) is 1. The number of rotatable bonds is 10. The van der Waals surface area contributed by atoms with Crippen molar-refractivity contribution in [3.63, 3.8) is 0 Å². The van der Waals surface area contributed by atoms with Gasteiger partial charge in [-0.05, 0) is 29.7 Å². The van der Waals surface area contributed by atoms with E-state index in [0.717, 1.165) is 11.1 Å². The lowest BCUT2D eigenvalue weighted by Gasteiger charge is -2.33. The smallest absolute Gasteiger partial charge is 0.387 e. The van der Waals surface area contributed by atoms with Gasteiger partial charge in [0.05, 0.1) is 12.3 Å². The van der Waals surface area contributed by atoms with Crippen LogP contribution in [0.15, 0.2) is 54.6 Å². The Hall–Kier alpha value is -2.56. The molecule has 1 saturated heterocycles. The van der Waals surface area contributed by atoms with Crippen LogP contribution in [0.25, 0.3) is 0 Å². The second-order valence-electron chi connectivity index (χ2n) is 7.54. The Morgan fingerprint density at radius 3 is 2.25 bits per heavy atom. The van der Waals surface area contributed by atoms with Crippen LogP contribution in [0, 0.1) is 0 Å². The molecule has 0 spiro atoms. The fourth-order valence-corrected chi connectivity index (χ4v) is 5.00. The van der Waals surface area contributed by atoms with Crippen LogP contribution in [0.4, 0.5) is 8.78 Å². The Labute approximate surface area is 187 Å². The minimum Gasteiger partial charge on any atom is -0.435 e. The molecule has 0 atom stereocenters.